The van der Waals surface area contributed by atoms with Crippen LogP contribution >= 0.6 is 0 Å². The van der Waals surface area contributed by atoms with Crippen molar-refractivity contribution in [1.29, 1.82) is 0 Å². The first-order valence-corrected chi connectivity index (χ1v) is 8.27. The summed E-state index contributed by atoms with van der Waals surface area (Å²) in [5, 5.41) is 11.5. The van der Waals surface area contributed by atoms with Crippen LogP contribution in [0.1, 0.15) is 28.2 Å². The van der Waals surface area contributed by atoms with E-state index in [0.29, 0.717) is 18.2 Å². The van der Waals surface area contributed by atoms with E-state index in [2.05, 4.69) is 31.5 Å². The van der Waals surface area contributed by atoms with Crippen LogP contribution in [0, 0.1) is 5.92 Å². The average Bonchev–Trinajstić information content (AvgIpc) is 3.01. The van der Waals surface area contributed by atoms with Crippen LogP contribution in [0.4, 0.5) is 5.82 Å². The van der Waals surface area contributed by atoms with Crippen molar-refractivity contribution in [1.82, 2.24) is 20.5 Å². The number of H-pyrrole nitrogens is 1. The summed E-state index contributed by atoms with van der Waals surface area (Å²) >= 11 is 0. The number of carbonyl (C=O) groups excluding carboxylic acids is 1. The molecular weight excluding hydrogens is 306 g/mol. The summed E-state index contributed by atoms with van der Waals surface area (Å²) < 4.78 is 0. The Bertz CT molecular complexity index is 826. The number of aromatic amines is 1. The minimum absolute atomic E-state index is 0.247. The molecule has 24 heavy (non-hydrogen) atoms. The van der Waals surface area contributed by atoms with E-state index in [1.54, 1.807) is 12.1 Å². The van der Waals surface area contributed by atoms with Crippen molar-refractivity contribution in [2.45, 2.75) is 19.3 Å². The molecule has 2 aromatic rings. The lowest BCUT2D eigenvalue weighted by atomic mass is 10.00. The van der Waals surface area contributed by atoms with Gasteiger partial charge in [-0.3, -0.25) is 9.59 Å². The number of fused-ring (bicyclic) bond motifs is 1. The molecule has 4 rings (SSSR count). The molecule has 2 aromatic heterocycles. The quantitative estimate of drug-likeness (QED) is 0.855. The lowest BCUT2D eigenvalue weighted by Gasteiger charge is -2.40. The molecule has 0 atom stereocenters. The second kappa shape index (κ2) is 6.07. The summed E-state index contributed by atoms with van der Waals surface area (Å²) in [6, 6.07) is 6.71. The standard InChI is InChI=1S/C17H19N5O2/c23-16-6-2-5-14(19-16)17(24)18-8-11-9-22(10-11)15-7-12-3-1-4-13(12)20-21-15/h2,5-7,11H,1,3-4,8-10H2,(H,18,24)(H,19,23). The fraction of sp³-hybridized carbons (Fsp3) is 0.412. The smallest absolute Gasteiger partial charge is 0.267 e. The molecule has 7 heteroatoms. The van der Waals surface area contributed by atoms with Crippen molar-refractivity contribution in [2.75, 3.05) is 24.5 Å². The normalized spacial score (nSPS) is 16.6. The minimum Gasteiger partial charge on any atom is -0.354 e. The number of pyridine rings is 1. The Labute approximate surface area is 139 Å². The van der Waals surface area contributed by atoms with Gasteiger partial charge in [0.15, 0.2) is 5.82 Å². The first kappa shape index (κ1) is 14.9. The zero-order valence-electron chi connectivity index (χ0n) is 13.3. The molecule has 7 nitrogen and oxygen atoms in total. The zero-order chi connectivity index (χ0) is 16.5. The number of aryl methyl sites for hydroxylation is 2. The van der Waals surface area contributed by atoms with Crippen molar-refractivity contribution in [3.63, 3.8) is 0 Å². The molecule has 1 aliphatic carbocycles. The minimum atomic E-state index is -0.271. The van der Waals surface area contributed by atoms with Gasteiger partial charge in [-0.15, -0.1) is 5.10 Å². The van der Waals surface area contributed by atoms with Crippen LogP contribution in [-0.2, 0) is 12.8 Å². The second-order valence-corrected chi connectivity index (χ2v) is 6.44. The third-order valence-electron chi connectivity index (χ3n) is 4.65. The lowest BCUT2D eigenvalue weighted by molar-refractivity contribution is 0.0939. The molecule has 1 amide bonds. The average molecular weight is 325 g/mol. The summed E-state index contributed by atoms with van der Waals surface area (Å²) in [7, 11) is 0. The van der Waals surface area contributed by atoms with Crippen molar-refractivity contribution >= 4 is 11.7 Å². The Kier molecular flexibility index (Phi) is 3.76. The number of carbonyl (C=O) groups is 1. The van der Waals surface area contributed by atoms with Gasteiger partial charge in [0.1, 0.15) is 5.69 Å². The highest BCUT2D eigenvalue weighted by atomic mass is 16.2. The Morgan fingerprint density at radius 2 is 2.17 bits per heavy atom. The molecule has 1 aliphatic heterocycles. The molecule has 1 saturated heterocycles. The fourth-order valence-electron chi connectivity index (χ4n) is 3.27. The zero-order valence-corrected chi connectivity index (χ0v) is 13.3. The Balaban J connectivity index is 1.29. The number of rotatable bonds is 4. The highest BCUT2D eigenvalue weighted by Gasteiger charge is 2.29. The largest absolute Gasteiger partial charge is 0.354 e. The van der Waals surface area contributed by atoms with Crippen LogP contribution in [0.2, 0.25) is 0 Å². The highest BCUT2D eigenvalue weighted by molar-refractivity contribution is 5.92. The first-order valence-electron chi connectivity index (χ1n) is 8.27. The first-order chi connectivity index (χ1) is 11.7. The van der Waals surface area contributed by atoms with Gasteiger partial charge in [0.25, 0.3) is 5.91 Å². The van der Waals surface area contributed by atoms with Gasteiger partial charge in [0.2, 0.25) is 5.56 Å². The van der Waals surface area contributed by atoms with Crippen LogP contribution in [0.15, 0.2) is 29.1 Å². The molecule has 0 spiro atoms. The van der Waals surface area contributed by atoms with Gasteiger partial charge in [-0.1, -0.05) is 6.07 Å². The van der Waals surface area contributed by atoms with E-state index >= 15 is 0 Å². The lowest BCUT2D eigenvalue weighted by Crippen LogP contribution is -2.52. The SMILES string of the molecule is O=C(NCC1CN(c2cc3c(nn2)CCC3)C1)c1cccc(=O)[nH]1. The number of nitrogens with one attached hydrogen (secondary N) is 2. The molecule has 0 radical (unpaired) electrons. The maximum absolute atomic E-state index is 12.0. The van der Waals surface area contributed by atoms with E-state index < -0.39 is 0 Å². The van der Waals surface area contributed by atoms with Crippen LogP contribution in [-0.4, -0.2) is 40.7 Å². The van der Waals surface area contributed by atoms with Crippen LogP contribution in [0.3, 0.4) is 0 Å². The van der Waals surface area contributed by atoms with Gasteiger partial charge < -0.3 is 15.2 Å². The summed E-state index contributed by atoms with van der Waals surface area (Å²) in [4.78, 5) is 27.9. The van der Waals surface area contributed by atoms with Crippen molar-refractivity contribution in [3.8, 4) is 0 Å². The maximum atomic E-state index is 12.0. The number of nitrogens with zero attached hydrogens (tertiary/aromatic N) is 3. The van der Waals surface area contributed by atoms with Crippen LogP contribution in [0.25, 0.3) is 0 Å². The number of aromatic nitrogens is 3. The van der Waals surface area contributed by atoms with Crippen LogP contribution in [0.5, 0.6) is 0 Å². The predicted molar refractivity (Wildman–Crippen MR) is 89.2 cm³/mol. The molecule has 2 aliphatic rings. The molecule has 2 N–H and O–H groups in total. The molecule has 0 aromatic carbocycles. The van der Waals surface area contributed by atoms with Gasteiger partial charge in [-0.2, -0.15) is 5.10 Å². The number of anilines is 1. The van der Waals surface area contributed by atoms with Gasteiger partial charge in [-0.05, 0) is 37.0 Å². The van der Waals surface area contributed by atoms with E-state index in [0.717, 1.165) is 37.4 Å². The predicted octanol–water partition coefficient (Wildman–Crippen LogP) is 0.520. The third kappa shape index (κ3) is 2.89. The number of hydrogen-bond acceptors (Lipinski definition) is 5. The third-order valence-corrected chi connectivity index (χ3v) is 4.65. The van der Waals surface area contributed by atoms with Gasteiger partial charge >= 0.3 is 0 Å². The van der Waals surface area contributed by atoms with Gasteiger partial charge in [-0.25, -0.2) is 0 Å². The number of amides is 1. The van der Waals surface area contributed by atoms with Crippen LogP contribution < -0.4 is 15.8 Å². The monoisotopic (exact) mass is 325 g/mol. The molecule has 0 unspecified atom stereocenters. The molecular formula is C17H19N5O2. The molecule has 0 saturated carbocycles. The second-order valence-electron chi connectivity index (χ2n) is 6.44. The van der Waals surface area contributed by atoms with E-state index in [9.17, 15) is 9.59 Å². The fourth-order valence-corrected chi connectivity index (χ4v) is 3.27. The van der Waals surface area contributed by atoms with Crippen molar-refractivity contribution in [2.24, 2.45) is 5.92 Å². The Morgan fingerprint density at radius 3 is 3.00 bits per heavy atom. The molecule has 0 bridgehead atoms. The topological polar surface area (TPSA) is 91.0 Å². The highest BCUT2D eigenvalue weighted by Crippen LogP contribution is 2.26. The Morgan fingerprint density at radius 1 is 1.29 bits per heavy atom. The molecule has 1 fully saturated rings. The molecule has 124 valence electrons. The molecule has 3 heterocycles. The maximum Gasteiger partial charge on any atom is 0.267 e. The van der Waals surface area contributed by atoms with E-state index in [1.807, 2.05) is 0 Å². The van der Waals surface area contributed by atoms with Gasteiger partial charge in [0.05, 0.1) is 5.69 Å². The number of hydrogen-bond donors (Lipinski definition) is 2. The summed E-state index contributed by atoms with van der Waals surface area (Å²) in [6.45, 7) is 2.31. The Hall–Kier alpha value is -2.70. The van der Waals surface area contributed by atoms with Gasteiger partial charge in [0, 0.05) is 31.6 Å². The van der Waals surface area contributed by atoms with Crippen molar-refractivity contribution < 1.29 is 4.79 Å². The van der Waals surface area contributed by atoms with E-state index in [-0.39, 0.29) is 11.5 Å². The summed E-state index contributed by atoms with van der Waals surface area (Å²) in [6.07, 6.45) is 3.31. The summed E-state index contributed by atoms with van der Waals surface area (Å²) in [5.41, 5.74) is 2.49. The van der Waals surface area contributed by atoms with E-state index in [4.69, 9.17) is 0 Å². The van der Waals surface area contributed by atoms with E-state index in [1.165, 1.54) is 18.1 Å². The van der Waals surface area contributed by atoms with Crippen molar-refractivity contribution in [3.05, 3.63) is 51.6 Å². The summed E-state index contributed by atoms with van der Waals surface area (Å²) in [5.74, 6) is 1.08.